The number of hydrogen-bond donors (Lipinski definition) is 1. The summed E-state index contributed by atoms with van der Waals surface area (Å²) >= 11 is 11.5. The molecule has 0 aromatic heterocycles. The van der Waals surface area contributed by atoms with Crippen LogP contribution < -0.4 is 5.43 Å². The van der Waals surface area contributed by atoms with Crippen molar-refractivity contribution in [2.45, 2.75) is 0 Å². The summed E-state index contributed by atoms with van der Waals surface area (Å²) in [6.45, 7) is 0. The maximum Gasteiger partial charge on any atom is 0.511 e. The lowest BCUT2D eigenvalue weighted by atomic mass is 10.3. The van der Waals surface area contributed by atoms with Crippen molar-refractivity contribution in [2.24, 2.45) is 15.3 Å². The Bertz CT molecular complexity index is 714. The summed E-state index contributed by atoms with van der Waals surface area (Å²) in [6.07, 6.45) is 0. The number of guanidine groups is 1. The van der Waals surface area contributed by atoms with E-state index in [4.69, 9.17) is 23.2 Å². The molecule has 2 aromatic rings. The SMILES string of the molecule is O=[N+]([O-])/C(N=Nc1ccc(Cl)cc1)=N/Nc1ccc(Cl)cc1. The van der Waals surface area contributed by atoms with E-state index >= 15 is 0 Å². The smallest absolute Gasteiger partial charge is 0.390 e. The zero-order chi connectivity index (χ0) is 15.9. The molecule has 0 radical (unpaired) electrons. The van der Waals surface area contributed by atoms with E-state index in [2.05, 4.69) is 20.8 Å². The van der Waals surface area contributed by atoms with Crippen molar-refractivity contribution >= 4 is 40.5 Å². The van der Waals surface area contributed by atoms with Gasteiger partial charge in [-0.15, -0.1) is 0 Å². The third kappa shape index (κ3) is 4.80. The maximum atomic E-state index is 10.9. The minimum atomic E-state index is -0.748. The minimum absolute atomic E-state index is 0.422. The number of hydrazone groups is 1. The molecule has 9 heteroatoms. The lowest BCUT2D eigenvalue weighted by Crippen LogP contribution is -2.10. The summed E-state index contributed by atoms with van der Waals surface area (Å²) in [6, 6.07) is 12.9. The first-order chi connectivity index (χ1) is 10.5. The average molecular weight is 338 g/mol. The van der Waals surface area contributed by atoms with Gasteiger partial charge in [-0.2, -0.15) is 0 Å². The van der Waals surface area contributed by atoms with Gasteiger partial charge in [-0.1, -0.05) is 28.3 Å². The van der Waals surface area contributed by atoms with E-state index in [9.17, 15) is 10.1 Å². The zero-order valence-corrected chi connectivity index (χ0v) is 12.5. The summed E-state index contributed by atoms with van der Waals surface area (Å²) < 4.78 is 0. The number of nitrogens with zero attached hydrogens (tertiary/aromatic N) is 4. The van der Waals surface area contributed by atoms with Crippen LogP contribution in [0.3, 0.4) is 0 Å². The molecule has 0 aliphatic carbocycles. The molecule has 7 nitrogen and oxygen atoms in total. The van der Waals surface area contributed by atoms with Gasteiger partial charge < -0.3 is 10.1 Å². The van der Waals surface area contributed by atoms with Crippen LogP contribution >= 0.6 is 23.2 Å². The van der Waals surface area contributed by atoms with Gasteiger partial charge in [-0.25, -0.2) is 5.43 Å². The van der Waals surface area contributed by atoms with Gasteiger partial charge in [0, 0.05) is 15.1 Å². The fraction of sp³-hybridized carbons (Fsp3) is 0. The molecule has 1 N–H and O–H groups in total. The Kier molecular flexibility index (Phi) is 5.40. The summed E-state index contributed by atoms with van der Waals surface area (Å²) in [4.78, 5) is 10.1. The maximum absolute atomic E-state index is 10.9. The number of nitro groups is 1. The Morgan fingerprint density at radius 3 is 2.09 bits per heavy atom. The molecule has 0 spiro atoms. The molecule has 0 amide bonds. The van der Waals surface area contributed by atoms with Crippen molar-refractivity contribution in [2.75, 3.05) is 5.43 Å². The summed E-state index contributed by atoms with van der Waals surface area (Å²) in [5, 5.41) is 22.8. The largest absolute Gasteiger partial charge is 0.511 e. The Morgan fingerprint density at radius 1 is 1.00 bits per heavy atom. The van der Waals surface area contributed by atoms with Gasteiger partial charge in [0.2, 0.25) is 0 Å². The van der Waals surface area contributed by atoms with Gasteiger partial charge in [0.25, 0.3) is 0 Å². The van der Waals surface area contributed by atoms with Crippen molar-refractivity contribution in [3.05, 3.63) is 68.7 Å². The summed E-state index contributed by atoms with van der Waals surface area (Å²) in [7, 11) is 0. The van der Waals surface area contributed by atoms with Crippen molar-refractivity contribution in [3.63, 3.8) is 0 Å². The highest BCUT2D eigenvalue weighted by Crippen LogP contribution is 2.17. The molecular formula is C13H9Cl2N5O2. The van der Waals surface area contributed by atoms with Crippen molar-refractivity contribution < 1.29 is 4.92 Å². The molecule has 22 heavy (non-hydrogen) atoms. The first kappa shape index (κ1) is 15.9. The number of azo groups is 1. The van der Waals surface area contributed by atoms with E-state index < -0.39 is 10.9 Å². The van der Waals surface area contributed by atoms with Gasteiger partial charge in [-0.05, 0) is 53.5 Å². The topological polar surface area (TPSA) is 92.2 Å². The normalized spacial score (nSPS) is 11.6. The molecule has 0 aliphatic heterocycles. The van der Waals surface area contributed by atoms with Gasteiger partial charge in [0.05, 0.1) is 10.8 Å². The zero-order valence-electron chi connectivity index (χ0n) is 11.0. The quantitative estimate of drug-likeness (QED) is 0.288. The van der Waals surface area contributed by atoms with Gasteiger partial charge >= 0.3 is 5.96 Å². The molecule has 0 bridgehead atoms. The molecule has 0 saturated heterocycles. The molecule has 0 heterocycles. The molecule has 0 atom stereocenters. The summed E-state index contributed by atoms with van der Waals surface area (Å²) in [5.41, 5.74) is 3.47. The highest BCUT2D eigenvalue weighted by atomic mass is 35.5. The molecule has 0 unspecified atom stereocenters. The number of hydrogen-bond acceptors (Lipinski definition) is 5. The van der Waals surface area contributed by atoms with Gasteiger partial charge in [0.15, 0.2) is 0 Å². The fourth-order valence-electron chi connectivity index (χ4n) is 1.35. The average Bonchev–Trinajstić information content (AvgIpc) is 2.50. The lowest BCUT2D eigenvalue weighted by molar-refractivity contribution is -0.352. The van der Waals surface area contributed by atoms with Crippen molar-refractivity contribution in [3.8, 4) is 0 Å². The predicted molar refractivity (Wildman–Crippen MR) is 85.5 cm³/mol. The van der Waals surface area contributed by atoms with Gasteiger partial charge in [0.1, 0.15) is 5.69 Å². The summed E-state index contributed by atoms with van der Waals surface area (Å²) in [5.74, 6) is -0.676. The number of halogens is 2. The van der Waals surface area contributed by atoms with Crippen LogP contribution in [0.2, 0.25) is 10.0 Å². The third-order valence-corrected chi connectivity index (χ3v) is 2.88. The Hall–Kier alpha value is -2.51. The third-order valence-electron chi connectivity index (χ3n) is 2.37. The van der Waals surface area contributed by atoms with Gasteiger partial charge in [-0.3, -0.25) is 0 Å². The van der Waals surface area contributed by atoms with E-state index in [1.54, 1.807) is 48.5 Å². The van der Waals surface area contributed by atoms with Crippen LogP contribution in [0.1, 0.15) is 0 Å². The van der Waals surface area contributed by atoms with E-state index in [0.717, 1.165) is 0 Å². The fourth-order valence-corrected chi connectivity index (χ4v) is 1.60. The number of anilines is 1. The molecular weight excluding hydrogens is 329 g/mol. The monoisotopic (exact) mass is 337 g/mol. The van der Waals surface area contributed by atoms with Crippen LogP contribution in [0.4, 0.5) is 11.4 Å². The van der Waals surface area contributed by atoms with E-state index in [1.807, 2.05) is 0 Å². The number of nitrogens with one attached hydrogen (secondary N) is 1. The van der Waals surface area contributed by atoms with Crippen molar-refractivity contribution in [1.82, 2.24) is 0 Å². The number of rotatable bonds is 3. The molecule has 0 saturated carbocycles. The van der Waals surface area contributed by atoms with Crippen LogP contribution in [0.15, 0.2) is 63.9 Å². The molecule has 2 rings (SSSR count). The Balaban J connectivity index is 2.12. The van der Waals surface area contributed by atoms with Crippen LogP contribution in [-0.2, 0) is 0 Å². The predicted octanol–water partition coefficient (Wildman–Crippen LogP) is 4.74. The second-order valence-corrected chi connectivity index (χ2v) is 4.84. The first-order valence-electron chi connectivity index (χ1n) is 5.95. The second kappa shape index (κ2) is 7.48. The Labute approximate surface area is 135 Å². The van der Waals surface area contributed by atoms with E-state index in [-0.39, 0.29) is 0 Å². The van der Waals surface area contributed by atoms with Crippen LogP contribution in [0.5, 0.6) is 0 Å². The number of benzene rings is 2. The van der Waals surface area contributed by atoms with Crippen molar-refractivity contribution in [1.29, 1.82) is 0 Å². The minimum Gasteiger partial charge on any atom is -0.390 e. The van der Waals surface area contributed by atoms with Crippen LogP contribution in [0, 0.1) is 10.1 Å². The molecule has 0 aliphatic rings. The van der Waals surface area contributed by atoms with Crippen LogP contribution in [0.25, 0.3) is 0 Å². The highest BCUT2D eigenvalue weighted by Gasteiger charge is 2.12. The van der Waals surface area contributed by atoms with E-state index in [1.165, 1.54) is 0 Å². The Morgan fingerprint density at radius 2 is 1.55 bits per heavy atom. The molecule has 2 aromatic carbocycles. The second-order valence-electron chi connectivity index (χ2n) is 3.96. The highest BCUT2D eigenvalue weighted by molar-refractivity contribution is 6.30. The lowest BCUT2D eigenvalue weighted by Gasteiger charge is -1.96. The molecule has 0 fully saturated rings. The standard InChI is InChI=1S/C13H9Cl2N5O2/c14-9-1-5-11(6-2-9)16-18-13(20(21)22)19-17-12-7-3-10(15)4-8-12/h1-8,16H/b18-13+,19-17?. The first-order valence-corrected chi connectivity index (χ1v) is 6.71. The van der Waals surface area contributed by atoms with Crippen LogP contribution in [-0.4, -0.2) is 10.9 Å². The molecule has 112 valence electrons. The van der Waals surface area contributed by atoms with E-state index in [0.29, 0.717) is 21.4 Å².